The van der Waals surface area contributed by atoms with Crippen LogP contribution in [0.4, 0.5) is 0 Å². The van der Waals surface area contributed by atoms with E-state index < -0.39 is 20.8 Å². The predicted molar refractivity (Wildman–Crippen MR) is 130 cm³/mol. The van der Waals surface area contributed by atoms with Crippen molar-refractivity contribution < 1.29 is 20.8 Å². The van der Waals surface area contributed by atoms with Crippen LogP contribution in [0, 0.1) is 55.8 Å². The van der Waals surface area contributed by atoms with Gasteiger partial charge in [0.05, 0.1) is 0 Å². The normalized spacial score (nSPS) is 40.7. The third-order valence-corrected chi connectivity index (χ3v) is 10.1. The molecule has 0 aromatic heterocycles. The van der Waals surface area contributed by atoms with Crippen molar-refractivity contribution in [3.63, 3.8) is 0 Å². The Morgan fingerprint density at radius 2 is 1.36 bits per heavy atom. The molecule has 0 spiro atoms. The van der Waals surface area contributed by atoms with E-state index in [0.29, 0.717) is 5.41 Å². The molecule has 0 bridgehead atoms. The Hall–Kier alpha value is 1.64. The third-order valence-electron chi connectivity index (χ3n) is 7.34. The van der Waals surface area contributed by atoms with E-state index in [1.807, 2.05) is 0 Å². The number of hydrogen-bond donors (Lipinski definition) is 0. The molecule has 2 aliphatic heterocycles. The van der Waals surface area contributed by atoms with Gasteiger partial charge in [-0.1, -0.05) is 39.8 Å². The van der Waals surface area contributed by atoms with Gasteiger partial charge in [0.2, 0.25) is 0 Å². The van der Waals surface area contributed by atoms with Gasteiger partial charge in [-0.05, 0) is 77.4 Å². The zero-order valence-electron chi connectivity index (χ0n) is 18.8. The van der Waals surface area contributed by atoms with E-state index in [-0.39, 0.29) is 14.9 Å². The summed E-state index contributed by atoms with van der Waals surface area (Å²) in [6, 6.07) is 0. The number of fused-ring (bicyclic) bond motifs is 3. The van der Waals surface area contributed by atoms with Gasteiger partial charge in [0, 0.05) is 10.5 Å². The van der Waals surface area contributed by atoms with Crippen molar-refractivity contribution in [2.24, 2.45) is 40.9 Å². The van der Waals surface area contributed by atoms with Crippen LogP contribution in [0.15, 0.2) is 22.0 Å². The first-order valence-electron chi connectivity index (χ1n) is 9.87. The van der Waals surface area contributed by atoms with Gasteiger partial charge in [0.15, 0.2) is 0 Å². The molecule has 4 aliphatic rings. The number of halogens is 2. The van der Waals surface area contributed by atoms with Gasteiger partial charge in [-0.25, -0.2) is 0 Å². The average Bonchev–Trinajstić information content (AvgIpc) is 3.22. The van der Waals surface area contributed by atoms with E-state index in [1.165, 1.54) is 12.8 Å². The fraction of sp³-hybridized carbons (Fsp3) is 0.739. The van der Waals surface area contributed by atoms with Gasteiger partial charge in [0.1, 0.15) is 0 Å². The third kappa shape index (κ3) is 5.16. The molecule has 0 amide bonds. The molecule has 0 N–H and O–H groups in total. The summed E-state index contributed by atoms with van der Waals surface area (Å²) in [6.07, 6.45) is 8.12. The topological polar surface area (TPSA) is 0 Å². The Balaban J connectivity index is 0.000000739. The quantitative estimate of drug-likeness (QED) is 0.321. The summed E-state index contributed by atoms with van der Waals surface area (Å²) in [4.78, 5) is 3.16. The van der Waals surface area contributed by atoms with Crippen molar-refractivity contribution in [3.05, 3.63) is 36.8 Å². The van der Waals surface area contributed by atoms with E-state index in [9.17, 15) is 0 Å². The van der Waals surface area contributed by atoms with Crippen molar-refractivity contribution in [3.8, 4) is 0 Å². The molecule has 7 atom stereocenters. The summed E-state index contributed by atoms with van der Waals surface area (Å²) >= 11 is 3.59. The molecular weight excluding hydrogens is 503 g/mol. The monoisotopic (exact) mass is 538 g/mol. The summed E-state index contributed by atoms with van der Waals surface area (Å²) in [6.45, 7) is 14.9. The van der Waals surface area contributed by atoms with Gasteiger partial charge in [-0.15, -0.1) is 23.5 Å². The van der Waals surface area contributed by atoms with Gasteiger partial charge >= 0.3 is 37.9 Å². The molecule has 0 aromatic rings. The second-order valence-electron chi connectivity index (χ2n) is 9.45. The SMILES string of the molecule is CC1=CC2C3C=C(C)SC3C(C(C)(C)C3CC(C)CC3C)C2S1.[CH3-].[CH3-].[Cl][Zr+2][Cl]. The molecule has 2 heterocycles. The molecule has 7 unspecified atom stereocenters. The van der Waals surface area contributed by atoms with Gasteiger partial charge in [0.25, 0.3) is 0 Å². The van der Waals surface area contributed by atoms with Crippen LogP contribution >= 0.6 is 40.5 Å². The summed E-state index contributed by atoms with van der Waals surface area (Å²) in [5, 5.41) is 1.67. The molecule has 2 saturated carbocycles. The van der Waals surface area contributed by atoms with Crippen LogP contribution in [0.5, 0.6) is 0 Å². The molecule has 5 heteroatoms. The van der Waals surface area contributed by atoms with E-state index in [1.54, 1.807) is 9.81 Å². The second-order valence-corrected chi connectivity index (χ2v) is 16.0. The molecule has 160 valence electrons. The zero-order valence-corrected chi connectivity index (χ0v) is 24.4. The van der Waals surface area contributed by atoms with Crippen molar-refractivity contribution in [1.29, 1.82) is 0 Å². The minimum atomic E-state index is -0.826. The van der Waals surface area contributed by atoms with Crippen LogP contribution in [-0.4, -0.2) is 10.5 Å². The second kappa shape index (κ2) is 11.0. The van der Waals surface area contributed by atoms with Crippen LogP contribution in [0.2, 0.25) is 0 Å². The first-order chi connectivity index (χ1) is 12.2. The Morgan fingerprint density at radius 3 is 1.71 bits per heavy atom. The Bertz CT molecular complexity index is 557. The van der Waals surface area contributed by atoms with Crippen LogP contribution in [0.1, 0.15) is 54.4 Å². The number of rotatable bonds is 2. The predicted octanol–water partition coefficient (Wildman–Crippen LogP) is 8.87. The molecular formula is C23H38Cl2S2Zr. The van der Waals surface area contributed by atoms with E-state index >= 15 is 0 Å². The summed E-state index contributed by atoms with van der Waals surface area (Å²) in [5.41, 5.74) is 0.462. The number of hydrogen-bond acceptors (Lipinski definition) is 2. The van der Waals surface area contributed by atoms with Crippen LogP contribution in [0.3, 0.4) is 0 Å². The van der Waals surface area contributed by atoms with E-state index in [4.69, 9.17) is 17.0 Å². The molecule has 0 saturated heterocycles. The zero-order chi connectivity index (χ0) is 19.2. The fourth-order valence-electron chi connectivity index (χ4n) is 6.56. The van der Waals surface area contributed by atoms with E-state index in [0.717, 1.165) is 46.0 Å². The summed E-state index contributed by atoms with van der Waals surface area (Å²) in [7, 11) is 9.87. The number of thioether (sulfide) groups is 2. The van der Waals surface area contributed by atoms with Crippen molar-refractivity contribution >= 4 is 40.5 Å². The Kier molecular flexibility index (Phi) is 10.9. The molecule has 4 rings (SSSR count). The molecule has 0 aromatic carbocycles. The van der Waals surface area contributed by atoms with E-state index in [2.05, 4.69) is 77.2 Å². The van der Waals surface area contributed by atoms with Crippen molar-refractivity contribution in [2.75, 3.05) is 0 Å². The molecule has 2 fully saturated rings. The standard InChI is InChI=1S/C21H32S2.2CH3.2ClH.Zr/c1-11-7-12(2)17(8-11)21(5,6)18-19-15(9-13(3)22-19)16-10-14(4)23-20(16)18;;;;;/h9-12,15-20H,7-8H2,1-6H3;2*1H3;2*1H;/q;2*-1;;;+4/p-2. The first-order valence-corrected chi connectivity index (χ1v) is 18.0. The van der Waals surface area contributed by atoms with Crippen LogP contribution < -0.4 is 0 Å². The molecule has 28 heavy (non-hydrogen) atoms. The Morgan fingerprint density at radius 1 is 0.929 bits per heavy atom. The van der Waals surface area contributed by atoms with Gasteiger partial charge in [-0.2, -0.15) is 0 Å². The summed E-state index contributed by atoms with van der Waals surface area (Å²) < 4.78 is 0. The average molecular weight is 541 g/mol. The number of allylic oxidation sites excluding steroid dienone is 4. The van der Waals surface area contributed by atoms with Crippen molar-refractivity contribution in [2.45, 2.75) is 64.9 Å². The first kappa shape index (κ1) is 27.7. The molecule has 0 radical (unpaired) electrons. The van der Waals surface area contributed by atoms with Crippen LogP contribution in [-0.2, 0) is 20.8 Å². The maximum atomic E-state index is 4.93. The molecule has 2 aliphatic carbocycles. The van der Waals surface area contributed by atoms with Gasteiger partial charge in [-0.3, -0.25) is 0 Å². The fourth-order valence-corrected chi connectivity index (χ4v) is 10.2. The Labute approximate surface area is 202 Å². The van der Waals surface area contributed by atoms with Crippen molar-refractivity contribution in [1.82, 2.24) is 0 Å². The van der Waals surface area contributed by atoms with Gasteiger partial charge < -0.3 is 14.9 Å². The maximum absolute atomic E-state index is 4.93. The van der Waals surface area contributed by atoms with Crippen LogP contribution in [0.25, 0.3) is 0 Å². The summed E-state index contributed by atoms with van der Waals surface area (Å²) in [5.74, 6) is 5.19. The molecule has 0 nitrogen and oxygen atoms in total. The minimum absolute atomic E-state index is 0.